The van der Waals surface area contributed by atoms with Gasteiger partial charge in [-0.1, -0.05) is 134 Å². The lowest BCUT2D eigenvalue weighted by Crippen LogP contribution is -2.27. The van der Waals surface area contributed by atoms with Gasteiger partial charge in [-0.15, -0.1) is 0 Å². The normalized spacial score (nSPS) is 13.9. The molecule has 0 aliphatic carbocycles. The summed E-state index contributed by atoms with van der Waals surface area (Å²) in [4.78, 5) is 33.6. The van der Waals surface area contributed by atoms with Crippen LogP contribution in [-0.4, -0.2) is 54.3 Å². The zero-order valence-electron chi connectivity index (χ0n) is 29.7. The van der Waals surface area contributed by atoms with E-state index in [-0.39, 0.29) is 32.1 Å². The van der Waals surface area contributed by atoms with Crippen molar-refractivity contribution in [3.63, 3.8) is 0 Å². The summed E-state index contributed by atoms with van der Waals surface area (Å²) in [5.41, 5.74) is 0. The van der Waals surface area contributed by atoms with Crippen LogP contribution >= 0.6 is 7.82 Å². The standard InChI is InChI=1S/C37H68NO8P/c1-3-5-7-9-11-13-14-15-16-17-18-19-20-22-24-26-28-30-37(41)44-33-35(39)34-46-47(42,43)45-32-31-38-36(40)29-27-25-23-21-12-10-8-6-4-2/h5,7,11,13,15-16,35,39H,3-4,6,8-10,12,14,17-34H2,1-2H3,(H,38,40)(H,42,43)/b7-5-,13-11-,16-15-. The van der Waals surface area contributed by atoms with E-state index in [9.17, 15) is 24.2 Å². The topological polar surface area (TPSA) is 131 Å². The van der Waals surface area contributed by atoms with Gasteiger partial charge >= 0.3 is 13.8 Å². The van der Waals surface area contributed by atoms with Gasteiger partial charge < -0.3 is 20.1 Å². The molecule has 0 aromatic heterocycles. The number of aliphatic hydroxyl groups excluding tert-OH is 1. The quantitative estimate of drug-likeness (QED) is 0.0264. The summed E-state index contributed by atoms with van der Waals surface area (Å²) in [6.45, 7) is 3.39. The van der Waals surface area contributed by atoms with Gasteiger partial charge in [0.1, 0.15) is 12.7 Å². The molecular weight excluding hydrogens is 617 g/mol. The molecule has 2 unspecified atom stereocenters. The minimum Gasteiger partial charge on any atom is -0.463 e. The Morgan fingerprint density at radius 3 is 1.83 bits per heavy atom. The van der Waals surface area contributed by atoms with E-state index in [0.29, 0.717) is 6.42 Å². The number of phosphoric acid groups is 1. The Balaban J connectivity index is 3.64. The summed E-state index contributed by atoms with van der Waals surface area (Å²) in [5, 5.41) is 12.6. The average molecular weight is 686 g/mol. The van der Waals surface area contributed by atoms with Crippen molar-refractivity contribution in [2.24, 2.45) is 0 Å². The van der Waals surface area contributed by atoms with Gasteiger partial charge in [-0.2, -0.15) is 0 Å². The van der Waals surface area contributed by atoms with Crippen LogP contribution in [0.25, 0.3) is 0 Å². The molecule has 0 aliphatic heterocycles. The van der Waals surface area contributed by atoms with Crippen molar-refractivity contribution in [1.82, 2.24) is 5.32 Å². The second-order valence-corrected chi connectivity index (χ2v) is 13.6. The summed E-state index contributed by atoms with van der Waals surface area (Å²) >= 11 is 0. The maximum atomic E-state index is 12.0. The molecule has 0 aliphatic rings. The van der Waals surface area contributed by atoms with Crippen molar-refractivity contribution in [2.75, 3.05) is 26.4 Å². The minimum atomic E-state index is -4.41. The van der Waals surface area contributed by atoms with Gasteiger partial charge in [-0.3, -0.25) is 18.6 Å². The number of carbonyl (C=O) groups is 2. The van der Waals surface area contributed by atoms with E-state index in [2.05, 4.69) is 55.6 Å². The van der Waals surface area contributed by atoms with Gasteiger partial charge in [0.2, 0.25) is 5.91 Å². The molecule has 0 heterocycles. The maximum Gasteiger partial charge on any atom is 0.472 e. The number of hydrogen-bond acceptors (Lipinski definition) is 7. The van der Waals surface area contributed by atoms with Crippen molar-refractivity contribution in [1.29, 1.82) is 0 Å². The number of carbonyl (C=O) groups excluding carboxylic acids is 2. The Hall–Kier alpha value is -1.77. The molecule has 274 valence electrons. The van der Waals surface area contributed by atoms with Gasteiger partial charge in [0, 0.05) is 19.4 Å². The lowest BCUT2D eigenvalue weighted by atomic mass is 10.1. The molecule has 0 bridgehead atoms. The highest BCUT2D eigenvalue weighted by Crippen LogP contribution is 2.42. The second-order valence-electron chi connectivity index (χ2n) is 12.2. The van der Waals surface area contributed by atoms with E-state index >= 15 is 0 Å². The monoisotopic (exact) mass is 685 g/mol. The van der Waals surface area contributed by atoms with Gasteiger partial charge in [0.15, 0.2) is 0 Å². The number of amides is 1. The predicted octanol–water partition coefficient (Wildman–Crippen LogP) is 9.43. The van der Waals surface area contributed by atoms with Crippen LogP contribution < -0.4 is 5.32 Å². The SMILES string of the molecule is CC/C=C\C/C=C\C/C=C\CCCCCCCCCC(=O)OCC(O)COP(=O)(O)OCCNC(=O)CCCCCCCCCCC. The molecule has 0 spiro atoms. The van der Waals surface area contributed by atoms with Crippen LogP contribution in [0.5, 0.6) is 0 Å². The van der Waals surface area contributed by atoms with E-state index in [1.165, 1.54) is 57.8 Å². The van der Waals surface area contributed by atoms with Crippen LogP contribution in [0.2, 0.25) is 0 Å². The van der Waals surface area contributed by atoms with Crippen molar-refractivity contribution in [3.05, 3.63) is 36.5 Å². The van der Waals surface area contributed by atoms with Crippen LogP contribution in [-0.2, 0) is 27.9 Å². The molecule has 3 N–H and O–H groups in total. The molecule has 47 heavy (non-hydrogen) atoms. The number of aliphatic hydroxyl groups is 1. The summed E-state index contributed by atoms with van der Waals surface area (Å²) in [5.74, 6) is -0.531. The van der Waals surface area contributed by atoms with Crippen molar-refractivity contribution < 1.29 is 37.9 Å². The molecule has 2 atom stereocenters. The Bertz CT molecular complexity index is 876. The summed E-state index contributed by atoms with van der Waals surface area (Å²) < 4.78 is 26.7. The summed E-state index contributed by atoms with van der Waals surface area (Å²) in [7, 11) is -4.41. The van der Waals surface area contributed by atoms with Crippen LogP contribution in [0.15, 0.2) is 36.5 Å². The molecule has 0 saturated carbocycles. The first-order chi connectivity index (χ1) is 22.8. The van der Waals surface area contributed by atoms with E-state index in [4.69, 9.17) is 13.8 Å². The van der Waals surface area contributed by atoms with Crippen LogP contribution in [0, 0.1) is 0 Å². The highest BCUT2D eigenvalue weighted by molar-refractivity contribution is 7.47. The first-order valence-corrected chi connectivity index (χ1v) is 20.0. The van der Waals surface area contributed by atoms with E-state index in [1.54, 1.807) is 0 Å². The number of hydrogen-bond donors (Lipinski definition) is 3. The molecule has 9 nitrogen and oxygen atoms in total. The smallest absolute Gasteiger partial charge is 0.463 e. The molecule has 0 radical (unpaired) electrons. The Kier molecular flexibility index (Phi) is 32.8. The summed E-state index contributed by atoms with van der Waals surface area (Å²) in [6.07, 6.45) is 35.0. The van der Waals surface area contributed by atoms with E-state index < -0.39 is 26.5 Å². The van der Waals surface area contributed by atoms with Crippen LogP contribution in [0.3, 0.4) is 0 Å². The fourth-order valence-corrected chi connectivity index (χ4v) is 5.56. The van der Waals surface area contributed by atoms with Crippen molar-refractivity contribution in [2.45, 2.75) is 161 Å². The number of ether oxygens (including phenoxy) is 1. The highest BCUT2D eigenvalue weighted by Gasteiger charge is 2.23. The first kappa shape index (κ1) is 45.2. The van der Waals surface area contributed by atoms with E-state index in [1.807, 2.05) is 0 Å². The zero-order chi connectivity index (χ0) is 34.7. The first-order valence-electron chi connectivity index (χ1n) is 18.5. The number of rotatable bonds is 34. The molecule has 0 aromatic carbocycles. The third-order valence-electron chi connectivity index (χ3n) is 7.58. The summed E-state index contributed by atoms with van der Waals surface area (Å²) in [6, 6.07) is 0. The minimum absolute atomic E-state index is 0.0814. The highest BCUT2D eigenvalue weighted by atomic mass is 31.2. The largest absolute Gasteiger partial charge is 0.472 e. The molecule has 0 aromatic rings. The van der Waals surface area contributed by atoms with Crippen molar-refractivity contribution >= 4 is 19.7 Å². The molecule has 0 rings (SSSR count). The van der Waals surface area contributed by atoms with Crippen LogP contribution in [0.4, 0.5) is 0 Å². The molecule has 0 fully saturated rings. The fourth-order valence-electron chi connectivity index (χ4n) is 4.80. The van der Waals surface area contributed by atoms with Gasteiger partial charge in [-0.05, 0) is 44.9 Å². The van der Waals surface area contributed by atoms with Crippen molar-refractivity contribution in [3.8, 4) is 0 Å². The zero-order valence-corrected chi connectivity index (χ0v) is 30.6. The Labute approximate surface area is 286 Å². The van der Waals surface area contributed by atoms with Gasteiger partial charge in [0.25, 0.3) is 0 Å². The molecular formula is C37H68NO8P. The predicted molar refractivity (Wildman–Crippen MR) is 192 cm³/mol. The number of allylic oxidation sites excluding steroid dienone is 6. The third-order valence-corrected chi connectivity index (χ3v) is 8.57. The molecule has 1 amide bonds. The number of esters is 1. The Morgan fingerprint density at radius 1 is 0.681 bits per heavy atom. The lowest BCUT2D eigenvalue weighted by molar-refractivity contribution is -0.147. The maximum absolute atomic E-state index is 12.0. The lowest BCUT2D eigenvalue weighted by Gasteiger charge is -2.15. The third kappa shape index (κ3) is 35.4. The van der Waals surface area contributed by atoms with E-state index in [0.717, 1.165) is 70.6 Å². The van der Waals surface area contributed by atoms with Gasteiger partial charge in [0.05, 0.1) is 13.2 Å². The molecule has 10 heteroatoms. The Morgan fingerprint density at radius 2 is 1.21 bits per heavy atom. The number of nitrogens with one attached hydrogen (secondary N) is 1. The second kappa shape index (κ2) is 34.1. The fraction of sp³-hybridized carbons (Fsp3) is 0.784. The number of unbranched alkanes of at least 4 members (excludes halogenated alkanes) is 15. The average Bonchev–Trinajstić information content (AvgIpc) is 3.05. The van der Waals surface area contributed by atoms with Gasteiger partial charge in [-0.25, -0.2) is 4.57 Å². The number of phosphoric ester groups is 1. The molecule has 0 saturated heterocycles. The van der Waals surface area contributed by atoms with Crippen LogP contribution in [0.1, 0.15) is 155 Å².